The van der Waals surface area contributed by atoms with E-state index in [0.717, 1.165) is 68.9 Å². The molecule has 2 aromatic rings. The van der Waals surface area contributed by atoms with Gasteiger partial charge in [-0.05, 0) is 56.7 Å². The number of fused-ring (bicyclic) bond motifs is 3. The summed E-state index contributed by atoms with van der Waals surface area (Å²) in [6, 6.07) is 13.2. The molecule has 3 heterocycles. The Kier molecular flexibility index (Phi) is 6.69. The average molecular weight is 515 g/mol. The molecule has 10 nitrogen and oxygen atoms in total. The molecule has 1 aliphatic carbocycles. The number of amides is 2. The predicted molar refractivity (Wildman–Crippen MR) is 147 cm³/mol. The summed E-state index contributed by atoms with van der Waals surface area (Å²) in [5, 5.41) is 17.0. The number of piperazine rings is 1. The van der Waals surface area contributed by atoms with E-state index < -0.39 is 6.04 Å². The summed E-state index contributed by atoms with van der Waals surface area (Å²) < 4.78 is 0. The first-order valence-electron chi connectivity index (χ1n) is 13.4. The van der Waals surface area contributed by atoms with Gasteiger partial charge in [0, 0.05) is 50.5 Å². The molecule has 10 heteroatoms. The molecule has 0 aromatic heterocycles. The van der Waals surface area contributed by atoms with Gasteiger partial charge in [-0.2, -0.15) is 10.2 Å². The van der Waals surface area contributed by atoms with Gasteiger partial charge >= 0.3 is 6.03 Å². The fourth-order valence-electron chi connectivity index (χ4n) is 5.85. The molecule has 6 rings (SSSR count). The van der Waals surface area contributed by atoms with Crippen LogP contribution in [0.25, 0.3) is 5.70 Å². The Morgan fingerprint density at radius 1 is 1.05 bits per heavy atom. The molecular weight excluding hydrogens is 480 g/mol. The zero-order valence-electron chi connectivity index (χ0n) is 21.9. The van der Waals surface area contributed by atoms with Gasteiger partial charge in [0.15, 0.2) is 5.78 Å². The van der Waals surface area contributed by atoms with E-state index in [4.69, 9.17) is 0 Å². The third-order valence-electron chi connectivity index (χ3n) is 8.05. The number of likely N-dealkylation sites (tertiary alicyclic amines) is 1. The highest BCUT2D eigenvalue weighted by atomic mass is 16.2. The number of carbonyl (C=O) groups is 2. The number of azo groups is 1. The molecule has 1 unspecified atom stereocenters. The number of nitrogens with zero attached hydrogens (tertiary/aromatic N) is 5. The first kappa shape index (κ1) is 24.7. The lowest BCUT2D eigenvalue weighted by molar-refractivity contribution is 0.103. The van der Waals surface area contributed by atoms with Crippen molar-refractivity contribution < 1.29 is 9.59 Å². The lowest BCUT2D eigenvalue weighted by Crippen LogP contribution is -2.51. The summed E-state index contributed by atoms with van der Waals surface area (Å²) >= 11 is 0. The number of hydrogen-bond donors (Lipinski definition) is 3. The van der Waals surface area contributed by atoms with Crippen molar-refractivity contribution in [2.75, 3.05) is 63.6 Å². The third-order valence-corrected chi connectivity index (χ3v) is 8.05. The van der Waals surface area contributed by atoms with Gasteiger partial charge < -0.3 is 20.4 Å². The summed E-state index contributed by atoms with van der Waals surface area (Å²) in [6.45, 7) is 5.90. The van der Waals surface area contributed by atoms with E-state index in [9.17, 15) is 9.59 Å². The number of piperidine rings is 1. The number of ketones is 1. The highest BCUT2D eigenvalue weighted by molar-refractivity contribution is 6.22. The molecular formula is C28H34N8O2. The number of hydrogen-bond acceptors (Lipinski definition) is 8. The Morgan fingerprint density at radius 3 is 2.53 bits per heavy atom. The Hall–Kier alpha value is -3.60. The molecule has 0 radical (unpaired) electrons. The monoisotopic (exact) mass is 514 g/mol. The molecule has 3 N–H and O–H groups in total. The minimum atomic E-state index is -0.438. The van der Waals surface area contributed by atoms with Gasteiger partial charge in [0.1, 0.15) is 11.7 Å². The van der Waals surface area contributed by atoms with Crippen molar-refractivity contribution in [3.63, 3.8) is 0 Å². The molecule has 4 aliphatic rings. The summed E-state index contributed by atoms with van der Waals surface area (Å²) in [5.41, 5.74) is 7.92. The lowest BCUT2D eigenvalue weighted by Gasteiger charge is -2.34. The van der Waals surface area contributed by atoms with Crippen LogP contribution >= 0.6 is 0 Å². The molecule has 1 atom stereocenters. The molecule has 38 heavy (non-hydrogen) atoms. The van der Waals surface area contributed by atoms with E-state index in [1.54, 1.807) is 6.07 Å². The van der Waals surface area contributed by atoms with Crippen LogP contribution in [0.4, 0.5) is 16.2 Å². The normalized spacial score (nSPS) is 21.7. The molecule has 0 bridgehead atoms. The number of anilines is 2. The summed E-state index contributed by atoms with van der Waals surface area (Å²) in [4.78, 5) is 31.2. The minimum absolute atomic E-state index is 0.129. The molecule has 2 aromatic carbocycles. The molecule has 2 saturated heterocycles. The van der Waals surface area contributed by atoms with Gasteiger partial charge in [-0.1, -0.05) is 24.3 Å². The summed E-state index contributed by atoms with van der Waals surface area (Å²) in [6.07, 6.45) is 1.98. The summed E-state index contributed by atoms with van der Waals surface area (Å²) in [5.74, 6) is -0.129. The van der Waals surface area contributed by atoms with Crippen LogP contribution in [0.2, 0.25) is 0 Å². The van der Waals surface area contributed by atoms with Gasteiger partial charge in [-0.15, -0.1) is 0 Å². The van der Waals surface area contributed by atoms with Crippen molar-refractivity contribution in [1.82, 2.24) is 20.7 Å². The van der Waals surface area contributed by atoms with Crippen molar-refractivity contribution >= 4 is 28.9 Å². The number of benzene rings is 2. The first-order valence-corrected chi connectivity index (χ1v) is 13.4. The minimum Gasteiger partial charge on any atom is -0.369 e. The Bertz CT molecular complexity index is 1290. The number of Topliss-reactive ketones (excluding diaryl/α,β-unsaturated/α-hetero) is 1. The van der Waals surface area contributed by atoms with Crippen LogP contribution in [0.5, 0.6) is 0 Å². The maximum absolute atomic E-state index is 13.7. The van der Waals surface area contributed by atoms with Crippen LogP contribution in [0.1, 0.15) is 40.4 Å². The van der Waals surface area contributed by atoms with Crippen LogP contribution in [-0.4, -0.2) is 81.1 Å². The summed E-state index contributed by atoms with van der Waals surface area (Å²) in [7, 11) is 4.01. The maximum atomic E-state index is 13.7. The van der Waals surface area contributed by atoms with Crippen LogP contribution in [0, 0.1) is 0 Å². The highest BCUT2D eigenvalue weighted by Crippen LogP contribution is 2.49. The second-order valence-corrected chi connectivity index (χ2v) is 10.5. The van der Waals surface area contributed by atoms with Crippen molar-refractivity contribution in [3.05, 3.63) is 64.7 Å². The van der Waals surface area contributed by atoms with E-state index in [0.29, 0.717) is 22.5 Å². The predicted octanol–water partition coefficient (Wildman–Crippen LogP) is 3.27. The molecule has 0 spiro atoms. The standard InChI is InChI=1S/C28H34N8O2/c1-34-14-10-19(11-15-34)35(2)33-28(38)30-22-5-3-4-21-23(22)27(37)24-25(31-32-26(21)24)18-6-8-20(9-7-18)36-16-12-29-13-17-36/h3-9,19,26,29H,10-17H2,1-2H3,(H2,30,33,38). The topological polar surface area (TPSA) is 105 Å². The Balaban J connectivity index is 1.19. The third kappa shape index (κ3) is 4.59. The van der Waals surface area contributed by atoms with Gasteiger partial charge in [0.25, 0.3) is 0 Å². The van der Waals surface area contributed by atoms with Crippen LogP contribution in [0.15, 0.2) is 58.3 Å². The largest absolute Gasteiger partial charge is 0.369 e. The molecule has 0 saturated carbocycles. The highest BCUT2D eigenvalue weighted by Gasteiger charge is 2.42. The Labute approximate surface area is 222 Å². The first-order chi connectivity index (χ1) is 18.5. The number of carbonyl (C=O) groups excluding carboxylic acids is 2. The van der Waals surface area contributed by atoms with Crippen molar-refractivity contribution in [3.8, 4) is 0 Å². The van der Waals surface area contributed by atoms with Crippen molar-refractivity contribution in [2.24, 2.45) is 10.2 Å². The number of rotatable bonds is 5. The van der Waals surface area contributed by atoms with Crippen LogP contribution < -0.4 is 21.0 Å². The second-order valence-electron chi connectivity index (χ2n) is 10.5. The van der Waals surface area contributed by atoms with Gasteiger partial charge in [0.05, 0.1) is 16.8 Å². The quantitative estimate of drug-likeness (QED) is 0.529. The van der Waals surface area contributed by atoms with Gasteiger partial charge in [0.2, 0.25) is 0 Å². The van der Waals surface area contributed by atoms with E-state index in [-0.39, 0.29) is 17.9 Å². The maximum Gasteiger partial charge on any atom is 0.333 e. The molecule has 198 valence electrons. The smallest absolute Gasteiger partial charge is 0.333 e. The van der Waals surface area contributed by atoms with Crippen LogP contribution in [0.3, 0.4) is 0 Å². The van der Waals surface area contributed by atoms with E-state index in [1.807, 2.05) is 36.3 Å². The number of urea groups is 1. The van der Waals surface area contributed by atoms with Gasteiger partial charge in [-0.25, -0.2) is 9.80 Å². The molecule has 3 aliphatic heterocycles. The van der Waals surface area contributed by atoms with Gasteiger partial charge in [-0.3, -0.25) is 10.2 Å². The number of hydrazine groups is 1. The zero-order valence-corrected chi connectivity index (χ0v) is 21.9. The van der Waals surface area contributed by atoms with E-state index >= 15 is 0 Å². The fourth-order valence-corrected chi connectivity index (χ4v) is 5.85. The molecule has 2 fully saturated rings. The van der Waals surface area contributed by atoms with Crippen LogP contribution in [-0.2, 0) is 0 Å². The lowest BCUT2D eigenvalue weighted by atomic mass is 10.0. The Morgan fingerprint density at radius 2 is 1.79 bits per heavy atom. The SMILES string of the molecule is CN1CCC(N(C)NC(=O)Nc2cccc3c2C(=O)C2=C(c4ccc(N5CCNCC5)cc4)N=NC23)CC1. The zero-order chi connectivity index (χ0) is 26.2. The van der Waals surface area contributed by atoms with Crippen molar-refractivity contribution in [1.29, 1.82) is 0 Å². The molecule has 2 amide bonds. The van der Waals surface area contributed by atoms with Crippen molar-refractivity contribution in [2.45, 2.75) is 24.9 Å². The second kappa shape index (κ2) is 10.3. The van der Waals surface area contributed by atoms with E-state index in [2.05, 4.69) is 55.3 Å². The average Bonchev–Trinajstić information content (AvgIpc) is 3.50. The number of nitrogens with one attached hydrogen (secondary N) is 3. The fraction of sp³-hybridized carbons (Fsp3) is 0.429. The van der Waals surface area contributed by atoms with E-state index in [1.165, 1.54) is 0 Å².